The SMILES string of the molecule is CCN1CCN(c2nc(C)cc(Cc3cccc(C4(OC)CCN(CC)CC4)c3)n2)CC1. The number of piperazine rings is 1. The first-order valence-corrected chi connectivity index (χ1v) is 12.2. The van der Waals surface area contributed by atoms with Crippen molar-refractivity contribution in [3.63, 3.8) is 0 Å². The van der Waals surface area contributed by atoms with Gasteiger partial charge in [-0.15, -0.1) is 0 Å². The van der Waals surface area contributed by atoms with Gasteiger partial charge in [0, 0.05) is 58.5 Å². The highest BCUT2D eigenvalue weighted by molar-refractivity contribution is 5.36. The molecule has 0 radical (unpaired) electrons. The maximum atomic E-state index is 6.14. The van der Waals surface area contributed by atoms with Gasteiger partial charge in [0.05, 0.1) is 11.3 Å². The summed E-state index contributed by atoms with van der Waals surface area (Å²) in [5.41, 5.74) is 4.55. The summed E-state index contributed by atoms with van der Waals surface area (Å²) >= 11 is 0. The molecule has 0 unspecified atom stereocenters. The summed E-state index contributed by atoms with van der Waals surface area (Å²) in [5, 5.41) is 0. The Morgan fingerprint density at radius 3 is 2.25 bits per heavy atom. The molecule has 2 saturated heterocycles. The fourth-order valence-corrected chi connectivity index (χ4v) is 5.13. The summed E-state index contributed by atoms with van der Waals surface area (Å²) in [6.45, 7) is 15.1. The molecule has 32 heavy (non-hydrogen) atoms. The lowest BCUT2D eigenvalue weighted by atomic mass is 9.83. The zero-order chi connectivity index (χ0) is 22.6. The maximum Gasteiger partial charge on any atom is 0.225 e. The number of hydrogen-bond donors (Lipinski definition) is 0. The van der Waals surface area contributed by atoms with E-state index in [1.165, 1.54) is 11.1 Å². The molecule has 1 aromatic heterocycles. The van der Waals surface area contributed by atoms with E-state index in [4.69, 9.17) is 14.7 Å². The third kappa shape index (κ3) is 5.13. The summed E-state index contributed by atoms with van der Waals surface area (Å²) in [4.78, 5) is 17.0. The monoisotopic (exact) mass is 437 g/mol. The summed E-state index contributed by atoms with van der Waals surface area (Å²) in [6, 6.07) is 11.1. The summed E-state index contributed by atoms with van der Waals surface area (Å²) in [6.07, 6.45) is 2.91. The minimum absolute atomic E-state index is 0.173. The largest absolute Gasteiger partial charge is 0.373 e. The van der Waals surface area contributed by atoms with Crippen LogP contribution in [0.15, 0.2) is 30.3 Å². The van der Waals surface area contributed by atoms with Gasteiger partial charge in [-0.3, -0.25) is 0 Å². The highest BCUT2D eigenvalue weighted by Crippen LogP contribution is 2.36. The van der Waals surface area contributed by atoms with Gasteiger partial charge in [0.15, 0.2) is 0 Å². The molecule has 2 aliphatic heterocycles. The molecule has 2 aliphatic rings. The minimum Gasteiger partial charge on any atom is -0.373 e. The van der Waals surface area contributed by atoms with Crippen LogP contribution in [0.1, 0.15) is 49.2 Å². The first-order chi connectivity index (χ1) is 15.5. The Balaban J connectivity index is 1.51. The lowest BCUT2D eigenvalue weighted by Crippen LogP contribution is -2.46. The molecule has 0 saturated carbocycles. The molecule has 0 bridgehead atoms. The lowest BCUT2D eigenvalue weighted by Gasteiger charge is -2.41. The van der Waals surface area contributed by atoms with Crippen molar-refractivity contribution < 1.29 is 4.74 Å². The minimum atomic E-state index is -0.173. The zero-order valence-corrected chi connectivity index (χ0v) is 20.3. The van der Waals surface area contributed by atoms with Gasteiger partial charge < -0.3 is 19.4 Å². The van der Waals surface area contributed by atoms with Crippen LogP contribution >= 0.6 is 0 Å². The second-order valence-corrected chi connectivity index (χ2v) is 9.23. The molecular weight excluding hydrogens is 398 g/mol. The van der Waals surface area contributed by atoms with Crippen LogP contribution in [0.3, 0.4) is 0 Å². The molecular formula is C26H39N5O. The number of benzene rings is 1. The van der Waals surface area contributed by atoms with E-state index in [2.05, 4.69) is 65.8 Å². The molecule has 0 atom stereocenters. The van der Waals surface area contributed by atoms with E-state index in [-0.39, 0.29) is 5.60 Å². The number of methoxy groups -OCH3 is 1. The molecule has 1 aromatic carbocycles. The van der Waals surface area contributed by atoms with E-state index in [0.717, 1.165) is 89.0 Å². The second-order valence-electron chi connectivity index (χ2n) is 9.23. The van der Waals surface area contributed by atoms with Crippen LogP contribution in [0.25, 0.3) is 0 Å². The predicted molar refractivity (Wildman–Crippen MR) is 130 cm³/mol. The van der Waals surface area contributed by atoms with Crippen molar-refractivity contribution in [3.8, 4) is 0 Å². The number of likely N-dealkylation sites (N-methyl/N-ethyl adjacent to an activating group) is 1. The number of ether oxygens (including phenoxy) is 1. The van der Waals surface area contributed by atoms with Gasteiger partial charge in [0.1, 0.15) is 0 Å². The standard InChI is InChI=1S/C26H39N5O/c1-5-29-12-10-26(32-4,11-13-29)23-9-7-8-22(19-23)20-24-18-21(3)27-25(28-24)31-16-14-30(6-2)15-17-31/h7-9,18-19H,5-6,10-17,20H2,1-4H3. The van der Waals surface area contributed by atoms with Crippen LogP contribution in [-0.4, -0.2) is 79.2 Å². The van der Waals surface area contributed by atoms with E-state index in [1.807, 2.05) is 7.11 Å². The number of rotatable bonds is 7. The van der Waals surface area contributed by atoms with Crippen molar-refractivity contribution in [2.45, 2.75) is 45.6 Å². The van der Waals surface area contributed by atoms with Gasteiger partial charge >= 0.3 is 0 Å². The van der Waals surface area contributed by atoms with Crippen LogP contribution in [0, 0.1) is 6.92 Å². The maximum absolute atomic E-state index is 6.14. The first-order valence-electron chi connectivity index (χ1n) is 12.2. The molecule has 0 N–H and O–H groups in total. The molecule has 2 aromatic rings. The van der Waals surface area contributed by atoms with Gasteiger partial charge in [0.25, 0.3) is 0 Å². The Hall–Kier alpha value is -2.02. The first kappa shape index (κ1) is 23.1. The second kappa shape index (κ2) is 10.3. The summed E-state index contributed by atoms with van der Waals surface area (Å²) in [7, 11) is 1.87. The number of aromatic nitrogens is 2. The van der Waals surface area contributed by atoms with Crippen LogP contribution < -0.4 is 4.90 Å². The fourth-order valence-electron chi connectivity index (χ4n) is 5.13. The number of hydrogen-bond acceptors (Lipinski definition) is 6. The van der Waals surface area contributed by atoms with Gasteiger partial charge in [0.2, 0.25) is 5.95 Å². The van der Waals surface area contributed by atoms with Gasteiger partial charge in [-0.25, -0.2) is 9.97 Å². The lowest BCUT2D eigenvalue weighted by molar-refractivity contribution is -0.0616. The molecule has 6 nitrogen and oxygen atoms in total. The van der Waals surface area contributed by atoms with Gasteiger partial charge in [-0.1, -0.05) is 38.1 Å². The van der Waals surface area contributed by atoms with Crippen molar-refractivity contribution in [3.05, 3.63) is 52.8 Å². The van der Waals surface area contributed by atoms with E-state index in [0.29, 0.717) is 0 Å². The molecule has 174 valence electrons. The molecule has 0 spiro atoms. The molecule has 0 aliphatic carbocycles. The third-order valence-electron chi connectivity index (χ3n) is 7.34. The van der Waals surface area contributed by atoms with Crippen molar-refractivity contribution in [2.75, 3.05) is 64.4 Å². The van der Waals surface area contributed by atoms with E-state index >= 15 is 0 Å². The van der Waals surface area contributed by atoms with Crippen LogP contribution in [-0.2, 0) is 16.8 Å². The number of anilines is 1. The highest BCUT2D eigenvalue weighted by Gasteiger charge is 2.36. The Kier molecular flexibility index (Phi) is 7.44. The van der Waals surface area contributed by atoms with Gasteiger partial charge in [-0.05, 0) is 50.0 Å². The average molecular weight is 438 g/mol. The number of nitrogens with zero attached hydrogens (tertiary/aromatic N) is 5. The summed E-state index contributed by atoms with van der Waals surface area (Å²) < 4.78 is 6.14. The van der Waals surface area contributed by atoms with E-state index < -0.39 is 0 Å². The Morgan fingerprint density at radius 1 is 0.906 bits per heavy atom. The predicted octanol–water partition coefficient (Wildman–Crippen LogP) is 3.48. The van der Waals surface area contributed by atoms with Crippen molar-refractivity contribution in [1.82, 2.24) is 19.8 Å². The van der Waals surface area contributed by atoms with Crippen molar-refractivity contribution >= 4 is 5.95 Å². The smallest absolute Gasteiger partial charge is 0.225 e. The van der Waals surface area contributed by atoms with E-state index in [1.54, 1.807) is 0 Å². The molecule has 2 fully saturated rings. The van der Waals surface area contributed by atoms with E-state index in [9.17, 15) is 0 Å². The Labute approximate surface area is 193 Å². The zero-order valence-electron chi connectivity index (χ0n) is 20.3. The fraction of sp³-hybridized carbons (Fsp3) is 0.615. The quantitative estimate of drug-likeness (QED) is 0.661. The topological polar surface area (TPSA) is 44.7 Å². The number of piperidine rings is 1. The Morgan fingerprint density at radius 2 is 1.59 bits per heavy atom. The van der Waals surface area contributed by atoms with Crippen LogP contribution in [0.5, 0.6) is 0 Å². The number of aryl methyl sites for hydroxylation is 1. The average Bonchev–Trinajstić information content (AvgIpc) is 2.84. The molecule has 4 rings (SSSR count). The van der Waals surface area contributed by atoms with Crippen molar-refractivity contribution in [2.24, 2.45) is 0 Å². The van der Waals surface area contributed by atoms with Crippen LogP contribution in [0.4, 0.5) is 5.95 Å². The normalized spacial score (nSPS) is 19.9. The molecule has 6 heteroatoms. The molecule has 0 amide bonds. The van der Waals surface area contributed by atoms with Crippen molar-refractivity contribution in [1.29, 1.82) is 0 Å². The highest BCUT2D eigenvalue weighted by atomic mass is 16.5. The Bertz CT molecular complexity index is 886. The third-order valence-corrected chi connectivity index (χ3v) is 7.34. The number of likely N-dealkylation sites (tertiary alicyclic amines) is 1. The molecule has 3 heterocycles. The van der Waals surface area contributed by atoms with Gasteiger partial charge in [-0.2, -0.15) is 0 Å². The summed E-state index contributed by atoms with van der Waals surface area (Å²) in [5.74, 6) is 0.882. The van der Waals surface area contributed by atoms with Crippen LogP contribution in [0.2, 0.25) is 0 Å².